The van der Waals surface area contributed by atoms with Crippen molar-refractivity contribution in [3.8, 4) is 0 Å². The van der Waals surface area contributed by atoms with Crippen LogP contribution in [0.15, 0.2) is 12.1 Å². The lowest BCUT2D eigenvalue weighted by molar-refractivity contribution is 0.0680. The molecule has 1 aromatic rings. The first kappa shape index (κ1) is 14.8. The molecule has 0 aromatic heterocycles. The van der Waals surface area contributed by atoms with E-state index in [2.05, 4.69) is 0 Å². The highest BCUT2D eigenvalue weighted by Crippen LogP contribution is 2.28. The Hall–Kier alpha value is -1.56. The summed E-state index contributed by atoms with van der Waals surface area (Å²) in [4.78, 5) is 13.2. The maximum atomic E-state index is 13.1. The third-order valence-corrected chi connectivity index (χ3v) is 3.20. The van der Waals surface area contributed by atoms with Crippen molar-refractivity contribution in [3.05, 3.63) is 35.1 Å². The van der Waals surface area contributed by atoms with Crippen molar-refractivity contribution in [3.63, 3.8) is 0 Å². The minimum Gasteiger partial charge on any atom is -0.379 e. The van der Waals surface area contributed by atoms with Crippen molar-refractivity contribution in [2.45, 2.75) is 12.8 Å². The molecule has 1 aliphatic carbocycles. The molecule has 2 rings (SSSR count). The molecule has 0 heterocycles. The molecule has 0 atom stereocenters. The molecule has 1 aromatic carbocycles. The Morgan fingerprint density at radius 1 is 1.30 bits per heavy atom. The smallest absolute Gasteiger partial charge is 0.253 e. The SMILES string of the molecule is CN(CCOCC1CC1)C(=O)c1cc(F)c(F)c(F)c1. The number of carbonyl (C=O) groups excluding carboxylic acids is 1. The van der Waals surface area contributed by atoms with Crippen LogP contribution in [0, 0.1) is 23.4 Å². The van der Waals surface area contributed by atoms with E-state index in [-0.39, 0.29) is 5.56 Å². The van der Waals surface area contributed by atoms with E-state index < -0.39 is 23.4 Å². The fourth-order valence-corrected chi connectivity index (χ4v) is 1.74. The zero-order chi connectivity index (χ0) is 14.7. The maximum absolute atomic E-state index is 13.1. The number of ether oxygens (including phenoxy) is 1. The summed E-state index contributed by atoms with van der Waals surface area (Å²) in [6.45, 7) is 1.36. The van der Waals surface area contributed by atoms with Crippen molar-refractivity contribution in [1.82, 2.24) is 4.90 Å². The van der Waals surface area contributed by atoms with E-state index in [4.69, 9.17) is 4.74 Å². The van der Waals surface area contributed by atoms with Gasteiger partial charge in [0.05, 0.1) is 6.61 Å². The van der Waals surface area contributed by atoms with E-state index in [0.717, 1.165) is 0 Å². The van der Waals surface area contributed by atoms with E-state index in [1.54, 1.807) is 0 Å². The van der Waals surface area contributed by atoms with Gasteiger partial charge in [0.1, 0.15) is 0 Å². The van der Waals surface area contributed by atoms with Crippen molar-refractivity contribution >= 4 is 5.91 Å². The van der Waals surface area contributed by atoms with E-state index in [1.165, 1.54) is 24.8 Å². The van der Waals surface area contributed by atoms with Crippen molar-refractivity contribution in [2.24, 2.45) is 5.92 Å². The van der Waals surface area contributed by atoms with Crippen LogP contribution in [0.5, 0.6) is 0 Å². The van der Waals surface area contributed by atoms with E-state index in [9.17, 15) is 18.0 Å². The van der Waals surface area contributed by atoms with Crippen LogP contribution in [0.2, 0.25) is 0 Å². The molecule has 1 amide bonds. The van der Waals surface area contributed by atoms with Gasteiger partial charge in [0.15, 0.2) is 17.5 Å². The molecule has 0 N–H and O–H groups in total. The van der Waals surface area contributed by atoms with Crippen LogP contribution < -0.4 is 0 Å². The number of rotatable bonds is 6. The van der Waals surface area contributed by atoms with Gasteiger partial charge in [-0.3, -0.25) is 4.79 Å². The lowest BCUT2D eigenvalue weighted by Crippen LogP contribution is -2.30. The van der Waals surface area contributed by atoms with Gasteiger partial charge in [0.25, 0.3) is 5.91 Å². The summed E-state index contributed by atoms with van der Waals surface area (Å²) in [5, 5.41) is 0. The topological polar surface area (TPSA) is 29.5 Å². The minimum absolute atomic E-state index is 0.217. The van der Waals surface area contributed by atoms with Crippen molar-refractivity contribution in [2.75, 3.05) is 26.8 Å². The Labute approximate surface area is 115 Å². The van der Waals surface area contributed by atoms with Gasteiger partial charge in [-0.15, -0.1) is 0 Å². The molecule has 110 valence electrons. The lowest BCUT2D eigenvalue weighted by Gasteiger charge is -2.17. The zero-order valence-electron chi connectivity index (χ0n) is 11.2. The van der Waals surface area contributed by atoms with Crippen LogP contribution in [-0.4, -0.2) is 37.6 Å². The largest absolute Gasteiger partial charge is 0.379 e. The number of hydrogen-bond acceptors (Lipinski definition) is 2. The molecule has 0 aliphatic heterocycles. The summed E-state index contributed by atoms with van der Waals surface area (Å²) < 4.78 is 44.3. The molecular weight excluding hydrogens is 271 g/mol. The predicted octanol–water partition coefficient (Wildman–Crippen LogP) is 2.60. The molecule has 0 radical (unpaired) electrons. The Morgan fingerprint density at radius 3 is 2.45 bits per heavy atom. The molecule has 0 unspecified atom stereocenters. The number of carbonyl (C=O) groups is 1. The standard InChI is InChI=1S/C14H16F3NO2/c1-18(4-5-20-8-9-2-3-9)14(19)10-6-11(15)13(17)12(16)7-10/h6-7,9H,2-5,8H2,1H3. The summed E-state index contributed by atoms with van der Waals surface area (Å²) >= 11 is 0. The second kappa shape index (κ2) is 6.26. The molecule has 0 saturated heterocycles. The van der Waals surface area contributed by atoms with Gasteiger partial charge in [-0.05, 0) is 30.9 Å². The van der Waals surface area contributed by atoms with Gasteiger partial charge in [0.2, 0.25) is 0 Å². The van der Waals surface area contributed by atoms with Crippen LogP contribution in [0.4, 0.5) is 13.2 Å². The third-order valence-electron chi connectivity index (χ3n) is 3.20. The van der Waals surface area contributed by atoms with Gasteiger partial charge in [-0.2, -0.15) is 0 Å². The molecule has 0 bridgehead atoms. The number of amides is 1. The first-order chi connectivity index (χ1) is 9.49. The normalized spacial score (nSPS) is 14.4. The quantitative estimate of drug-likeness (QED) is 0.594. The highest BCUT2D eigenvalue weighted by Gasteiger charge is 2.21. The minimum atomic E-state index is -1.57. The summed E-state index contributed by atoms with van der Waals surface area (Å²) in [6.07, 6.45) is 2.37. The average Bonchev–Trinajstić information content (AvgIpc) is 3.23. The van der Waals surface area contributed by atoms with Crippen molar-refractivity contribution in [1.29, 1.82) is 0 Å². The Kier molecular flexibility index (Phi) is 4.65. The highest BCUT2D eigenvalue weighted by atomic mass is 19.2. The monoisotopic (exact) mass is 287 g/mol. The van der Waals surface area contributed by atoms with E-state index >= 15 is 0 Å². The third kappa shape index (κ3) is 3.72. The Bertz CT molecular complexity index is 480. The van der Waals surface area contributed by atoms with Crippen LogP contribution in [0.3, 0.4) is 0 Å². The number of benzene rings is 1. The number of likely N-dealkylation sites (N-methyl/N-ethyl adjacent to an activating group) is 1. The maximum Gasteiger partial charge on any atom is 0.253 e. The second-order valence-corrected chi connectivity index (χ2v) is 5.00. The fraction of sp³-hybridized carbons (Fsp3) is 0.500. The number of hydrogen-bond donors (Lipinski definition) is 0. The summed E-state index contributed by atoms with van der Waals surface area (Å²) in [5.41, 5.74) is -0.217. The zero-order valence-corrected chi connectivity index (χ0v) is 11.2. The van der Waals surface area contributed by atoms with Gasteiger partial charge < -0.3 is 9.64 Å². The van der Waals surface area contributed by atoms with Gasteiger partial charge >= 0.3 is 0 Å². The van der Waals surface area contributed by atoms with E-state index in [0.29, 0.717) is 37.8 Å². The molecule has 1 fully saturated rings. The predicted molar refractivity (Wildman–Crippen MR) is 66.8 cm³/mol. The summed E-state index contributed by atoms with van der Waals surface area (Å²) in [6, 6.07) is 1.39. The highest BCUT2D eigenvalue weighted by molar-refractivity contribution is 5.94. The molecule has 3 nitrogen and oxygen atoms in total. The van der Waals surface area contributed by atoms with Crippen LogP contribution in [-0.2, 0) is 4.74 Å². The van der Waals surface area contributed by atoms with Gasteiger partial charge in [-0.25, -0.2) is 13.2 Å². The Balaban J connectivity index is 1.88. The van der Waals surface area contributed by atoms with Gasteiger partial charge in [0, 0.05) is 25.8 Å². The molecule has 0 spiro atoms. The fourth-order valence-electron chi connectivity index (χ4n) is 1.74. The summed E-state index contributed by atoms with van der Waals surface area (Å²) in [7, 11) is 1.50. The van der Waals surface area contributed by atoms with Crippen molar-refractivity contribution < 1.29 is 22.7 Å². The molecule has 1 saturated carbocycles. The second-order valence-electron chi connectivity index (χ2n) is 5.00. The first-order valence-corrected chi connectivity index (χ1v) is 6.46. The molecule has 20 heavy (non-hydrogen) atoms. The molecule has 6 heteroatoms. The van der Waals surface area contributed by atoms with Crippen LogP contribution in [0.25, 0.3) is 0 Å². The van der Waals surface area contributed by atoms with Crippen LogP contribution >= 0.6 is 0 Å². The van der Waals surface area contributed by atoms with Gasteiger partial charge in [-0.1, -0.05) is 0 Å². The molecule has 1 aliphatic rings. The number of halogens is 3. The molecular formula is C14H16F3NO2. The van der Waals surface area contributed by atoms with E-state index in [1.807, 2.05) is 0 Å². The number of nitrogens with zero attached hydrogens (tertiary/aromatic N) is 1. The Morgan fingerprint density at radius 2 is 1.90 bits per heavy atom. The first-order valence-electron chi connectivity index (χ1n) is 6.46. The average molecular weight is 287 g/mol. The van der Waals surface area contributed by atoms with Crippen LogP contribution in [0.1, 0.15) is 23.2 Å². The summed E-state index contributed by atoms with van der Waals surface area (Å²) in [5.74, 6) is -4.25. The lowest BCUT2D eigenvalue weighted by atomic mass is 10.2.